The highest BCUT2D eigenvalue weighted by molar-refractivity contribution is 7.19. The van der Waals surface area contributed by atoms with Crippen molar-refractivity contribution in [3.05, 3.63) is 33.7 Å². The van der Waals surface area contributed by atoms with Crippen molar-refractivity contribution >= 4 is 44.6 Å². The summed E-state index contributed by atoms with van der Waals surface area (Å²) >= 11 is 13.6. The molecule has 0 saturated carbocycles. The molecule has 0 fully saturated rings. The van der Waals surface area contributed by atoms with E-state index >= 15 is 0 Å². The van der Waals surface area contributed by atoms with Gasteiger partial charge in [-0.15, -0.1) is 22.9 Å². The molecular formula is C10H8Cl2S. The molecule has 3 heteroatoms. The Morgan fingerprint density at radius 3 is 2.85 bits per heavy atom. The highest BCUT2D eigenvalue weighted by Gasteiger charge is 2.06. The largest absolute Gasteiger partial charge is 0.139 e. The van der Waals surface area contributed by atoms with Gasteiger partial charge in [0.2, 0.25) is 0 Å². The molecule has 1 heterocycles. The van der Waals surface area contributed by atoms with Crippen LogP contribution in [-0.2, 0) is 5.88 Å². The molecule has 0 bridgehead atoms. The first kappa shape index (κ1) is 9.32. The molecule has 0 aliphatic rings. The van der Waals surface area contributed by atoms with E-state index in [0.29, 0.717) is 5.88 Å². The van der Waals surface area contributed by atoms with Crippen LogP contribution in [0.25, 0.3) is 10.1 Å². The Kier molecular flexibility index (Phi) is 2.50. The normalized spacial score (nSPS) is 11.0. The third-order valence-corrected chi connectivity index (χ3v) is 3.79. The lowest BCUT2D eigenvalue weighted by atomic mass is 10.1. The standard InChI is InChI=1S/C10H8Cl2S/c1-6-4-8-7(5-11)2-3-9(12)10(8)13-6/h2-4H,5H2,1H3. The Hall–Kier alpha value is -0.240. The van der Waals surface area contributed by atoms with Crippen LogP contribution < -0.4 is 0 Å². The van der Waals surface area contributed by atoms with Crippen LogP contribution in [0.2, 0.25) is 5.02 Å². The van der Waals surface area contributed by atoms with Crippen LogP contribution in [0.5, 0.6) is 0 Å². The predicted molar refractivity (Wildman–Crippen MR) is 61.1 cm³/mol. The van der Waals surface area contributed by atoms with E-state index in [9.17, 15) is 0 Å². The molecule has 0 atom stereocenters. The second-order valence-corrected chi connectivity index (χ2v) is 4.87. The molecule has 0 saturated heterocycles. The van der Waals surface area contributed by atoms with Gasteiger partial charge in [0.25, 0.3) is 0 Å². The van der Waals surface area contributed by atoms with Crippen LogP contribution in [0.15, 0.2) is 18.2 Å². The number of alkyl halides is 1. The molecule has 13 heavy (non-hydrogen) atoms. The van der Waals surface area contributed by atoms with E-state index in [-0.39, 0.29) is 0 Å². The molecule has 0 spiro atoms. The molecule has 0 aliphatic heterocycles. The number of fused-ring (bicyclic) bond motifs is 1. The molecule has 0 nitrogen and oxygen atoms in total. The third kappa shape index (κ3) is 1.56. The van der Waals surface area contributed by atoms with Crippen molar-refractivity contribution in [1.82, 2.24) is 0 Å². The second-order valence-electron chi connectivity index (χ2n) is 2.94. The molecule has 1 aromatic carbocycles. The van der Waals surface area contributed by atoms with Crippen molar-refractivity contribution in [3.8, 4) is 0 Å². The lowest BCUT2D eigenvalue weighted by Crippen LogP contribution is -1.77. The van der Waals surface area contributed by atoms with Crippen LogP contribution in [0.1, 0.15) is 10.4 Å². The number of halogens is 2. The number of aryl methyl sites for hydroxylation is 1. The molecule has 2 rings (SSSR count). The maximum Gasteiger partial charge on any atom is 0.0584 e. The van der Waals surface area contributed by atoms with Gasteiger partial charge in [0, 0.05) is 10.8 Å². The second kappa shape index (κ2) is 3.49. The van der Waals surface area contributed by atoms with Crippen molar-refractivity contribution < 1.29 is 0 Å². The monoisotopic (exact) mass is 230 g/mol. The van der Waals surface area contributed by atoms with Crippen molar-refractivity contribution in [2.75, 3.05) is 0 Å². The molecule has 1 aromatic heterocycles. The fraction of sp³-hybridized carbons (Fsp3) is 0.200. The number of thiophene rings is 1. The minimum atomic E-state index is 0.545. The van der Waals surface area contributed by atoms with Crippen molar-refractivity contribution in [2.24, 2.45) is 0 Å². The summed E-state index contributed by atoms with van der Waals surface area (Å²) < 4.78 is 1.15. The van der Waals surface area contributed by atoms with Gasteiger partial charge in [-0.1, -0.05) is 17.7 Å². The molecule has 0 aliphatic carbocycles. The topological polar surface area (TPSA) is 0 Å². The van der Waals surface area contributed by atoms with Gasteiger partial charge >= 0.3 is 0 Å². The van der Waals surface area contributed by atoms with E-state index in [4.69, 9.17) is 23.2 Å². The van der Waals surface area contributed by atoms with Crippen LogP contribution >= 0.6 is 34.5 Å². The van der Waals surface area contributed by atoms with E-state index in [2.05, 4.69) is 13.0 Å². The summed E-state index contributed by atoms with van der Waals surface area (Å²) in [5.41, 5.74) is 1.16. The van der Waals surface area contributed by atoms with Gasteiger partial charge in [0.1, 0.15) is 0 Å². The van der Waals surface area contributed by atoms with Gasteiger partial charge in [0.15, 0.2) is 0 Å². The molecule has 0 N–H and O–H groups in total. The third-order valence-electron chi connectivity index (χ3n) is 1.99. The van der Waals surface area contributed by atoms with Crippen molar-refractivity contribution in [2.45, 2.75) is 12.8 Å². The fourth-order valence-corrected chi connectivity index (χ4v) is 2.86. The Morgan fingerprint density at radius 1 is 1.38 bits per heavy atom. The summed E-state index contributed by atoms with van der Waals surface area (Å²) in [4.78, 5) is 1.27. The van der Waals surface area contributed by atoms with Crippen LogP contribution in [0, 0.1) is 6.92 Å². The average Bonchev–Trinajstić information content (AvgIpc) is 2.48. The first-order valence-electron chi connectivity index (χ1n) is 3.96. The zero-order valence-corrected chi connectivity index (χ0v) is 9.43. The summed E-state index contributed by atoms with van der Waals surface area (Å²) in [6.45, 7) is 2.08. The summed E-state index contributed by atoms with van der Waals surface area (Å²) in [5.74, 6) is 0.545. The van der Waals surface area contributed by atoms with Gasteiger partial charge in [-0.3, -0.25) is 0 Å². The van der Waals surface area contributed by atoms with Gasteiger partial charge in [-0.05, 0) is 30.0 Å². The number of hydrogen-bond donors (Lipinski definition) is 0. The molecule has 0 amide bonds. The van der Waals surface area contributed by atoms with Gasteiger partial charge in [0.05, 0.1) is 9.72 Å². The summed E-state index contributed by atoms with van der Waals surface area (Å²) in [7, 11) is 0. The maximum absolute atomic E-state index is 6.07. The highest BCUT2D eigenvalue weighted by atomic mass is 35.5. The quantitative estimate of drug-likeness (QED) is 0.629. The number of rotatable bonds is 1. The van der Waals surface area contributed by atoms with Gasteiger partial charge in [-0.2, -0.15) is 0 Å². The fourth-order valence-electron chi connectivity index (χ4n) is 1.39. The van der Waals surface area contributed by atoms with Gasteiger partial charge in [-0.25, -0.2) is 0 Å². The van der Waals surface area contributed by atoms with Crippen molar-refractivity contribution in [3.63, 3.8) is 0 Å². The van der Waals surface area contributed by atoms with E-state index in [0.717, 1.165) is 15.3 Å². The minimum absolute atomic E-state index is 0.545. The molecule has 0 radical (unpaired) electrons. The lowest BCUT2D eigenvalue weighted by molar-refractivity contribution is 1.46. The molecule has 68 valence electrons. The lowest BCUT2D eigenvalue weighted by Gasteiger charge is -1.98. The summed E-state index contributed by atoms with van der Waals surface area (Å²) in [6.07, 6.45) is 0. The van der Waals surface area contributed by atoms with Crippen molar-refractivity contribution in [1.29, 1.82) is 0 Å². The molecule has 0 unspecified atom stereocenters. The van der Waals surface area contributed by atoms with E-state index in [1.807, 2.05) is 12.1 Å². The Morgan fingerprint density at radius 2 is 2.15 bits per heavy atom. The molecular weight excluding hydrogens is 223 g/mol. The predicted octanol–water partition coefficient (Wildman–Crippen LogP) is 4.60. The smallest absolute Gasteiger partial charge is 0.0584 e. The van der Waals surface area contributed by atoms with E-state index < -0.39 is 0 Å². The number of benzene rings is 1. The Balaban J connectivity index is 2.83. The average molecular weight is 231 g/mol. The van der Waals surface area contributed by atoms with Gasteiger partial charge < -0.3 is 0 Å². The van der Waals surface area contributed by atoms with Crippen LogP contribution in [0.4, 0.5) is 0 Å². The first-order valence-corrected chi connectivity index (χ1v) is 5.69. The zero-order chi connectivity index (χ0) is 9.42. The first-order chi connectivity index (χ1) is 6.22. The molecule has 2 aromatic rings. The van der Waals surface area contributed by atoms with Crippen LogP contribution in [0.3, 0.4) is 0 Å². The Bertz CT molecular complexity index is 445. The minimum Gasteiger partial charge on any atom is -0.139 e. The van der Waals surface area contributed by atoms with E-state index in [1.165, 1.54) is 10.3 Å². The number of hydrogen-bond acceptors (Lipinski definition) is 1. The maximum atomic E-state index is 6.07. The SMILES string of the molecule is Cc1cc2c(CCl)ccc(Cl)c2s1. The summed E-state index contributed by atoms with van der Waals surface area (Å²) in [6, 6.07) is 6.05. The summed E-state index contributed by atoms with van der Waals surface area (Å²) in [5, 5.41) is 2.02. The zero-order valence-electron chi connectivity index (χ0n) is 7.10. The Labute approximate surface area is 91.1 Å². The van der Waals surface area contributed by atoms with Crippen LogP contribution in [-0.4, -0.2) is 0 Å². The highest BCUT2D eigenvalue weighted by Crippen LogP contribution is 2.34. The van der Waals surface area contributed by atoms with E-state index in [1.54, 1.807) is 11.3 Å².